The van der Waals surface area contributed by atoms with Gasteiger partial charge in [-0.1, -0.05) is 0 Å². The highest BCUT2D eigenvalue weighted by atomic mass is 19.4. The first-order valence-electron chi connectivity index (χ1n) is 6.17. The van der Waals surface area contributed by atoms with Gasteiger partial charge in [0.15, 0.2) is 0 Å². The van der Waals surface area contributed by atoms with Crippen LogP contribution in [0.15, 0.2) is 6.20 Å². The van der Waals surface area contributed by atoms with Gasteiger partial charge in [-0.25, -0.2) is 4.79 Å². The lowest BCUT2D eigenvalue weighted by atomic mass is 10.1. The molecule has 0 spiro atoms. The number of carboxylic acid groups (broad SMARTS) is 1. The number of aromatic nitrogens is 2. The van der Waals surface area contributed by atoms with Gasteiger partial charge in [0.05, 0.1) is 18.2 Å². The fraction of sp³-hybridized carbons (Fsp3) is 0.583. The molecule has 0 aliphatic heterocycles. The van der Waals surface area contributed by atoms with E-state index in [-0.39, 0.29) is 11.6 Å². The molecule has 0 aliphatic rings. The molecule has 1 rings (SSSR count). The lowest BCUT2D eigenvalue weighted by Crippen LogP contribution is -2.43. The maximum Gasteiger partial charge on any atom is 0.391 e. The quantitative estimate of drug-likeness (QED) is 0.870. The molecule has 0 aromatic carbocycles. The van der Waals surface area contributed by atoms with Crippen LogP contribution in [0.5, 0.6) is 0 Å². The molecule has 2 N–H and O–H groups in total. The zero-order chi connectivity index (χ0) is 16.4. The van der Waals surface area contributed by atoms with Crippen molar-refractivity contribution in [3.05, 3.63) is 17.5 Å². The number of nitrogens with one attached hydrogen (secondary N) is 1. The Morgan fingerprint density at radius 3 is 2.38 bits per heavy atom. The molecule has 1 unspecified atom stereocenters. The number of halogens is 3. The van der Waals surface area contributed by atoms with E-state index in [2.05, 4.69) is 5.10 Å². The number of hydrogen-bond acceptors (Lipinski definition) is 3. The van der Waals surface area contributed by atoms with Crippen molar-refractivity contribution in [2.24, 2.45) is 0 Å². The van der Waals surface area contributed by atoms with Crippen LogP contribution >= 0.6 is 0 Å². The Morgan fingerprint density at radius 1 is 1.43 bits per heavy atom. The van der Waals surface area contributed by atoms with E-state index in [1.165, 1.54) is 10.9 Å². The Balaban J connectivity index is 2.90. The summed E-state index contributed by atoms with van der Waals surface area (Å²) in [5, 5.41) is 14.6. The standard InChI is InChI=1S/C12H16F3N3O3/c1-6(2)18-7(3)8(5-16-18)10(19)17-9(11(20)21)4-12(13,14)15/h5-6,9H,4H2,1-3H3,(H,17,19)(H,20,21). The number of alkyl halides is 3. The Labute approximate surface area is 118 Å². The second-order valence-electron chi connectivity index (χ2n) is 4.87. The van der Waals surface area contributed by atoms with Crippen molar-refractivity contribution in [3.63, 3.8) is 0 Å². The largest absolute Gasteiger partial charge is 0.480 e. The Hall–Kier alpha value is -2.06. The lowest BCUT2D eigenvalue weighted by molar-refractivity contribution is -0.157. The van der Waals surface area contributed by atoms with Gasteiger partial charge in [0.2, 0.25) is 0 Å². The van der Waals surface area contributed by atoms with E-state index in [0.717, 1.165) is 0 Å². The molecule has 1 heterocycles. The van der Waals surface area contributed by atoms with Crippen molar-refractivity contribution in [2.45, 2.75) is 45.5 Å². The molecule has 9 heteroatoms. The fourth-order valence-electron chi connectivity index (χ4n) is 1.83. The summed E-state index contributed by atoms with van der Waals surface area (Å²) >= 11 is 0. The monoisotopic (exact) mass is 307 g/mol. The van der Waals surface area contributed by atoms with Crippen molar-refractivity contribution in [1.82, 2.24) is 15.1 Å². The van der Waals surface area contributed by atoms with Gasteiger partial charge in [-0.2, -0.15) is 18.3 Å². The van der Waals surface area contributed by atoms with Gasteiger partial charge in [0, 0.05) is 11.7 Å². The van der Waals surface area contributed by atoms with Gasteiger partial charge in [0.25, 0.3) is 5.91 Å². The lowest BCUT2D eigenvalue weighted by Gasteiger charge is -2.16. The van der Waals surface area contributed by atoms with Crippen LogP contribution in [0.3, 0.4) is 0 Å². The van der Waals surface area contributed by atoms with Crippen molar-refractivity contribution in [2.75, 3.05) is 0 Å². The molecule has 0 fully saturated rings. The third-order valence-corrected chi connectivity index (χ3v) is 2.82. The fourth-order valence-corrected chi connectivity index (χ4v) is 1.83. The van der Waals surface area contributed by atoms with Crippen molar-refractivity contribution in [3.8, 4) is 0 Å². The Kier molecular flexibility index (Phi) is 4.97. The molecule has 21 heavy (non-hydrogen) atoms. The van der Waals surface area contributed by atoms with Gasteiger partial charge in [-0.05, 0) is 20.8 Å². The number of carbonyl (C=O) groups is 2. The van der Waals surface area contributed by atoms with Crippen LogP contribution in [-0.2, 0) is 4.79 Å². The van der Waals surface area contributed by atoms with Crippen molar-refractivity contribution in [1.29, 1.82) is 0 Å². The van der Waals surface area contributed by atoms with Crippen LogP contribution in [-0.4, -0.2) is 39.0 Å². The molecular formula is C12H16F3N3O3. The molecule has 0 aliphatic carbocycles. The molecule has 1 amide bonds. The van der Waals surface area contributed by atoms with Crippen LogP contribution in [0.1, 0.15) is 42.4 Å². The Bertz CT molecular complexity index is 538. The molecule has 0 saturated carbocycles. The summed E-state index contributed by atoms with van der Waals surface area (Å²) < 4.78 is 38.4. The molecule has 1 aromatic rings. The van der Waals surface area contributed by atoms with E-state index < -0.39 is 30.5 Å². The average molecular weight is 307 g/mol. The summed E-state index contributed by atoms with van der Waals surface area (Å²) in [6.45, 7) is 5.23. The first-order valence-corrected chi connectivity index (χ1v) is 6.17. The molecule has 1 atom stereocenters. The van der Waals surface area contributed by atoms with Crippen LogP contribution < -0.4 is 5.32 Å². The summed E-state index contributed by atoms with van der Waals surface area (Å²) in [7, 11) is 0. The second kappa shape index (κ2) is 6.15. The average Bonchev–Trinajstić information content (AvgIpc) is 2.68. The third-order valence-electron chi connectivity index (χ3n) is 2.82. The summed E-state index contributed by atoms with van der Waals surface area (Å²) in [5.74, 6) is -2.63. The van der Waals surface area contributed by atoms with E-state index in [9.17, 15) is 22.8 Å². The van der Waals surface area contributed by atoms with Crippen LogP contribution in [0, 0.1) is 6.92 Å². The minimum atomic E-state index is -4.69. The summed E-state index contributed by atoms with van der Waals surface area (Å²) in [6.07, 6.45) is -5.11. The zero-order valence-corrected chi connectivity index (χ0v) is 11.7. The highest BCUT2D eigenvalue weighted by Crippen LogP contribution is 2.22. The highest BCUT2D eigenvalue weighted by Gasteiger charge is 2.36. The summed E-state index contributed by atoms with van der Waals surface area (Å²) in [5.41, 5.74) is 0.510. The van der Waals surface area contributed by atoms with Crippen LogP contribution in [0.2, 0.25) is 0 Å². The molecular weight excluding hydrogens is 291 g/mol. The molecule has 6 nitrogen and oxygen atoms in total. The number of aliphatic carboxylic acids is 1. The van der Waals surface area contributed by atoms with Gasteiger partial charge >= 0.3 is 12.1 Å². The minimum absolute atomic E-state index is 0.0306. The first kappa shape index (κ1) is 17.0. The SMILES string of the molecule is Cc1c(C(=O)NC(CC(F)(F)F)C(=O)O)cnn1C(C)C. The van der Waals surface area contributed by atoms with E-state index in [0.29, 0.717) is 5.69 Å². The smallest absolute Gasteiger partial charge is 0.391 e. The Morgan fingerprint density at radius 2 is 2.00 bits per heavy atom. The first-order chi connectivity index (χ1) is 9.53. The zero-order valence-electron chi connectivity index (χ0n) is 11.7. The van der Waals surface area contributed by atoms with E-state index >= 15 is 0 Å². The predicted octanol–water partition coefficient (Wildman–Crippen LogP) is 1.91. The second-order valence-corrected chi connectivity index (χ2v) is 4.87. The summed E-state index contributed by atoms with van der Waals surface area (Å²) in [4.78, 5) is 22.7. The van der Waals surface area contributed by atoms with Crippen LogP contribution in [0.25, 0.3) is 0 Å². The number of rotatable bonds is 5. The van der Waals surface area contributed by atoms with Gasteiger partial charge < -0.3 is 10.4 Å². The predicted molar refractivity (Wildman–Crippen MR) is 66.9 cm³/mol. The number of carbonyl (C=O) groups excluding carboxylic acids is 1. The van der Waals surface area contributed by atoms with Crippen LogP contribution in [0.4, 0.5) is 13.2 Å². The third kappa shape index (κ3) is 4.47. The normalized spacial score (nSPS) is 13.3. The molecule has 118 valence electrons. The van der Waals surface area contributed by atoms with E-state index in [1.807, 2.05) is 19.2 Å². The number of hydrogen-bond donors (Lipinski definition) is 2. The van der Waals surface area contributed by atoms with Gasteiger partial charge in [0.1, 0.15) is 6.04 Å². The van der Waals surface area contributed by atoms with Crippen molar-refractivity contribution < 1.29 is 27.9 Å². The topological polar surface area (TPSA) is 84.2 Å². The molecule has 0 radical (unpaired) electrons. The summed E-state index contributed by atoms with van der Waals surface area (Å²) in [6, 6.07) is -2.06. The molecule has 0 bridgehead atoms. The molecule has 0 saturated heterocycles. The molecule has 1 aromatic heterocycles. The maximum absolute atomic E-state index is 12.3. The van der Waals surface area contributed by atoms with Gasteiger partial charge in [-0.3, -0.25) is 9.48 Å². The van der Waals surface area contributed by atoms with Gasteiger partial charge in [-0.15, -0.1) is 0 Å². The van der Waals surface area contributed by atoms with E-state index in [4.69, 9.17) is 5.11 Å². The highest BCUT2D eigenvalue weighted by molar-refractivity contribution is 5.97. The maximum atomic E-state index is 12.3. The number of amides is 1. The number of nitrogens with zero attached hydrogens (tertiary/aromatic N) is 2. The minimum Gasteiger partial charge on any atom is -0.480 e. The number of carboxylic acids is 1. The van der Waals surface area contributed by atoms with E-state index in [1.54, 1.807) is 6.92 Å². The van der Waals surface area contributed by atoms with Crippen molar-refractivity contribution >= 4 is 11.9 Å².